The number of unbranched alkanes of at least 4 members (excludes halogenated alkanes) is 6. The molecule has 0 saturated carbocycles. The van der Waals surface area contributed by atoms with Crippen LogP contribution >= 0.6 is 0 Å². The Morgan fingerprint density at radius 2 is 1.80 bits per heavy atom. The molecule has 118 valence electrons. The molecule has 1 saturated heterocycles. The molecule has 0 bridgehead atoms. The molecule has 0 aromatic rings. The second-order valence-electron chi connectivity index (χ2n) is 6.01. The fourth-order valence-corrected chi connectivity index (χ4v) is 2.33. The summed E-state index contributed by atoms with van der Waals surface area (Å²) in [5.74, 6) is -0.665. The van der Waals surface area contributed by atoms with Crippen LogP contribution in [0.25, 0.3) is 0 Å². The maximum Gasteiger partial charge on any atom is 0.305 e. The van der Waals surface area contributed by atoms with Crippen molar-refractivity contribution >= 4 is 5.97 Å². The minimum atomic E-state index is -0.546. The van der Waals surface area contributed by atoms with Gasteiger partial charge < -0.3 is 14.2 Å². The first-order valence-electron chi connectivity index (χ1n) is 8.01. The van der Waals surface area contributed by atoms with Crippen molar-refractivity contribution in [1.29, 1.82) is 0 Å². The van der Waals surface area contributed by atoms with E-state index in [0.29, 0.717) is 19.6 Å². The summed E-state index contributed by atoms with van der Waals surface area (Å²) in [5, 5.41) is 0. The van der Waals surface area contributed by atoms with Gasteiger partial charge in [0.1, 0.15) is 12.7 Å². The van der Waals surface area contributed by atoms with Gasteiger partial charge in [0.05, 0.1) is 6.61 Å². The molecule has 4 heteroatoms. The Morgan fingerprint density at radius 3 is 2.40 bits per heavy atom. The first-order valence-corrected chi connectivity index (χ1v) is 8.01. The highest BCUT2D eigenvalue weighted by molar-refractivity contribution is 5.69. The lowest BCUT2D eigenvalue weighted by atomic mass is 10.1. The zero-order chi connectivity index (χ0) is 14.8. The Kier molecular flexibility index (Phi) is 8.15. The van der Waals surface area contributed by atoms with Gasteiger partial charge in [0, 0.05) is 6.42 Å². The zero-order valence-electron chi connectivity index (χ0n) is 13.3. The normalized spacial score (nSPS) is 21.1. The highest BCUT2D eigenvalue weighted by Gasteiger charge is 2.33. The Labute approximate surface area is 123 Å². The highest BCUT2D eigenvalue weighted by atomic mass is 16.7. The summed E-state index contributed by atoms with van der Waals surface area (Å²) in [5.41, 5.74) is 0. The molecule has 1 rings (SSSR count). The summed E-state index contributed by atoms with van der Waals surface area (Å²) in [7, 11) is 0. The summed E-state index contributed by atoms with van der Waals surface area (Å²) >= 11 is 0. The van der Waals surface area contributed by atoms with Gasteiger partial charge >= 0.3 is 5.97 Å². The lowest BCUT2D eigenvalue weighted by Crippen LogP contribution is -2.25. The number of hydrogen-bond donors (Lipinski definition) is 0. The number of esters is 1. The largest absolute Gasteiger partial charge is 0.463 e. The quantitative estimate of drug-likeness (QED) is 0.452. The van der Waals surface area contributed by atoms with E-state index in [1.807, 2.05) is 13.8 Å². The molecule has 0 aromatic carbocycles. The van der Waals surface area contributed by atoms with E-state index in [9.17, 15) is 4.79 Å². The molecule has 0 unspecified atom stereocenters. The molecular weight excluding hydrogens is 256 g/mol. The molecule has 0 radical (unpaired) electrons. The second kappa shape index (κ2) is 9.35. The van der Waals surface area contributed by atoms with Crippen molar-refractivity contribution in [1.82, 2.24) is 0 Å². The summed E-state index contributed by atoms with van der Waals surface area (Å²) in [4.78, 5) is 11.6. The van der Waals surface area contributed by atoms with Gasteiger partial charge in [0.2, 0.25) is 0 Å². The minimum Gasteiger partial charge on any atom is -0.463 e. The third kappa shape index (κ3) is 7.85. The van der Waals surface area contributed by atoms with Crippen LogP contribution in [0.4, 0.5) is 0 Å². The SMILES string of the molecule is CCCCCCCCCC(=O)OC[C@H]1COC(C)(C)O1. The van der Waals surface area contributed by atoms with Crippen molar-refractivity contribution in [3.8, 4) is 0 Å². The van der Waals surface area contributed by atoms with E-state index < -0.39 is 5.79 Å². The van der Waals surface area contributed by atoms with E-state index in [0.717, 1.165) is 12.8 Å². The van der Waals surface area contributed by atoms with Crippen molar-refractivity contribution in [2.45, 2.75) is 84.0 Å². The lowest BCUT2D eigenvalue weighted by molar-refractivity contribution is -0.158. The second-order valence-corrected chi connectivity index (χ2v) is 6.01. The number of carbonyl (C=O) groups excluding carboxylic acids is 1. The fourth-order valence-electron chi connectivity index (χ4n) is 2.33. The van der Waals surface area contributed by atoms with Gasteiger partial charge in [0.25, 0.3) is 0 Å². The molecule has 0 spiro atoms. The molecule has 0 N–H and O–H groups in total. The van der Waals surface area contributed by atoms with Gasteiger partial charge in [-0.2, -0.15) is 0 Å². The number of hydrogen-bond acceptors (Lipinski definition) is 4. The van der Waals surface area contributed by atoms with Crippen LogP contribution in [-0.4, -0.2) is 31.1 Å². The van der Waals surface area contributed by atoms with E-state index in [4.69, 9.17) is 14.2 Å². The number of rotatable bonds is 10. The Bertz CT molecular complexity index is 276. The van der Waals surface area contributed by atoms with Gasteiger partial charge in [-0.1, -0.05) is 45.4 Å². The van der Waals surface area contributed by atoms with Crippen LogP contribution < -0.4 is 0 Å². The molecule has 1 heterocycles. The van der Waals surface area contributed by atoms with Crippen molar-refractivity contribution in [2.75, 3.05) is 13.2 Å². The van der Waals surface area contributed by atoms with E-state index >= 15 is 0 Å². The molecular formula is C16H30O4. The Hall–Kier alpha value is -0.610. The van der Waals surface area contributed by atoms with E-state index in [-0.39, 0.29) is 12.1 Å². The van der Waals surface area contributed by atoms with Crippen LogP contribution in [0, 0.1) is 0 Å². The van der Waals surface area contributed by atoms with Gasteiger partial charge in [-0.25, -0.2) is 0 Å². The Morgan fingerprint density at radius 1 is 1.15 bits per heavy atom. The maximum absolute atomic E-state index is 11.6. The molecule has 0 aromatic heterocycles. The average molecular weight is 286 g/mol. The van der Waals surface area contributed by atoms with Crippen LogP contribution in [0.1, 0.15) is 72.1 Å². The van der Waals surface area contributed by atoms with Gasteiger partial charge in [-0.05, 0) is 20.3 Å². The van der Waals surface area contributed by atoms with Gasteiger partial charge in [-0.15, -0.1) is 0 Å². The van der Waals surface area contributed by atoms with Gasteiger partial charge in [-0.3, -0.25) is 4.79 Å². The van der Waals surface area contributed by atoms with Crippen LogP contribution in [0.2, 0.25) is 0 Å². The zero-order valence-corrected chi connectivity index (χ0v) is 13.3. The van der Waals surface area contributed by atoms with Crippen LogP contribution in [-0.2, 0) is 19.0 Å². The van der Waals surface area contributed by atoms with E-state index in [2.05, 4.69) is 6.92 Å². The molecule has 0 aliphatic carbocycles. The number of carbonyl (C=O) groups is 1. The molecule has 1 atom stereocenters. The minimum absolute atomic E-state index is 0.119. The molecule has 1 aliphatic rings. The van der Waals surface area contributed by atoms with Crippen molar-refractivity contribution in [3.05, 3.63) is 0 Å². The third-order valence-electron chi connectivity index (χ3n) is 3.48. The molecule has 0 amide bonds. The van der Waals surface area contributed by atoms with Gasteiger partial charge in [0.15, 0.2) is 5.79 Å². The summed E-state index contributed by atoms with van der Waals surface area (Å²) in [6.45, 7) is 6.76. The standard InChI is InChI=1S/C16H30O4/c1-4-5-6-7-8-9-10-11-15(17)18-12-14-13-19-16(2,3)20-14/h14H,4-13H2,1-3H3/t14-/m0/s1. The smallest absolute Gasteiger partial charge is 0.305 e. The molecule has 4 nitrogen and oxygen atoms in total. The van der Waals surface area contributed by atoms with Crippen LogP contribution in [0.3, 0.4) is 0 Å². The van der Waals surface area contributed by atoms with Crippen molar-refractivity contribution < 1.29 is 19.0 Å². The predicted octanol–water partition coefficient (Wildman–Crippen LogP) is 3.82. The topological polar surface area (TPSA) is 44.8 Å². The molecule has 1 fully saturated rings. The summed E-state index contributed by atoms with van der Waals surface area (Å²) in [6, 6.07) is 0. The van der Waals surface area contributed by atoms with E-state index in [1.54, 1.807) is 0 Å². The van der Waals surface area contributed by atoms with E-state index in [1.165, 1.54) is 32.1 Å². The first kappa shape index (κ1) is 17.4. The fraction of sp³-hybridized carbons (Fsp3) is 0.938. The first-order chi connectivity index (χ1) is 9.53. The third-order valence-corrected chi connectivity index (χ3v) is 3.48. The molecule has 1 aliphatic heterocycles. The van der Waals surface area contributed by atoms with Crippen molar-refractivity contribution in [3.63, 3.8) is 0 Å². The Balaban J connectivity index is 1.93. The van der Waals surface area contributed by atoms with Crippen LogP contribution in [0.15, 0.2) is 0 Å². The lowest BCUT2D eigenvalue weighted by Gasteiger charge is -2.16. The number of ether oxygens (including phenoxy) is 3. The maximum atomic E-state index is 11.6. The van der Waals surface area contributed by atoms with Crippen molar-refractivity contribution in [2.24, 2.45) is 0 Å². The van der Waals surface area contributed by atoms with Crippen LogP contribution in [0.5, 0.6) is 0 Å². The summed E-state index contributed by atoms with van der Waals surface area (Å²) < 4.78 is 16.2. The predicted molar refractivity (Wildman–Crippen MR) is 78.5 cm³/mol. The average Bonchev–Trinajstić information content (AvgIpc) is 2.75. The highest BCUT2D eigenvalue weighted by Crippen LogP contribution is 2.22. The monoisotopic (exact) mass is 286 g/mol. The summed E-state index contributed by atoms with van der Waals surface area (Å²) in [6.07, 6.45) is 8.86. The molecule has 20 heavy (non-hydrogen) atoms.